The van der Waals surface area contributed by atoms with Crippen molar-refractivity contribution in [3.05, 3.63) is 41.4 Å². The van der Waals surface area contributed by atoms with E-state index in [4.69, 9.17) is 16.3 Å². The Morgan fingerprint density at radius 1 is 1.30 bits per heavy atom. The van der Waals surface area contributed by atoms with Gasteiger partial charge >= 0.3 is 0 Å². The third kappa shape index (κ3) is 4.00. The zero-order chi connectivity index (χ0) is 21.3. The molecule has 2 heterocycles. The summed E-state index contributed by atoms with van der Waals surface area (Å²) >= 11 is 7.00. The number of aromatic nitrogens is 2. The van der Waals surface area contributed by atoms with Gasteiger partial charge in [-0.3, -0.25) is 4.79 Å². The number of piperidine rings is 1. The van der Waals surface area contributed by atoms with E-state index in [-0.39, 0.29) is 17.3 Å². The molecule has 1 aromatic heterocycles. The number of anilines is 1. The van der Waals surface area contributed by atoms with Crippen LogP contribution >= 0.6 is 23.3 Å². The lowest BCUT2D eigenvalue weighted by atomic mass is 9.98. The highest BCUT2D eigenvalue weighted by Crippen LogP contribution is 2.31. The highest BCUT2D eigenvalue weighted by atomic mass is 35.5. The van der Waals surface area contributed by atoms with Gasteiger partial charge in [-0.15, -0.1) is 0 Å². The summed E-state index contributed by atoms with van der Waals surface area (Å²) in [6, 6.07) is 9.83. The van der Waals surface area contributed by atoms with Crippen molar-refractivity contribution in [1.82, 2.24) is 13.1 Å². The summed E-state index contributed by atoms with van der Waals surface area (Å²) < 4.78 is 41.4. The SMILES string of the molecule is COc1ccc(Cl)cc1NC(=O)[C@H]1CCCN(S(=O)(=O)c2cccc3nsnc23)C1. The van der Waals surface area contributed by atoms with Gasteiger partial charge in [0.25, 0.3) is 0 Å². The maximum absolute atomic E-state index is 13.3. The molecule has 1 amide bonds. The molecule has 158 valence electrons. The molecule has 1 aliphatic rings. The zero-order valence-corrected chi connectivity index (χ0v) is 18.4. The molecule has 0 unspecified atom stereocenters. The standard InChI is InChI=1S/C19H19ClN4O4S2/c1-28-16-8-7-13(20)10-15(16)21-19(25)12-4-3-9-24(11-12)30(26,27)17-6-2-5-14-18(17)23-29-22-14/h2,5-8,10,12H,3-4,9,11H2,1H3,(H,21,25)/t12-/m0/s1. The number of nitrogens with zero attached hydrogens (tertiary/aromatic N) is 3. The van der Waals surface area contributed by atoms with Crippen molar-refractivity contribution >= 4 is 56.0 Å². The topological polar surface area (TPSA) is 101 Å². The molecular formula is C19H19ClN4O4S2. The number of methoxy groups -OCH3 is 1. The minimum absolute atomic E-state index is 0.0883. The van der Waals surface area contributed by atoms with Gasteiger partial charge < -0.3 is 10.1 Å². The smallest absolute Gasteiger partial charge is 0.245 e. The second kappa shape index (κ2) is 8.46. The molecule has 30 heavy (non-hydrogen) atoms. The predicted molar refractivity (Wildman–Crippen MR) is 116 cm³/mol. The molecule has 0 saturated carbocycles. The van der Waals surface area contributed by atoms with Crippen molar-refractivity contribution in [2.24, 2.45) is 5.92 Å². The van der Waals surface area contributed by atoms with Gasteiger partial charge in [0.2, 0.25) is 15.9 Å². The first-order valence-corrected chi connectivity index (χ1v) is 11.8. The first-order valence-electron chi connectivity index (χ1n) is 9.26. The molecular weight excluding hydrogens is 448 g/mol. The monoisotopic (exact) mass is 466 g/mol. The number of halogens is 1. The van der Waals surface area contributed by atoms with Crippen LogP contribution in [0.1, 0.15) is 12.8 Å². The minimum Gasteiger partial charge on any atom is -0.495 e. The number of rotatable bonds is 5. The van der Waals surface area contributed by atoms with Crippen LogP contribution in [0.3, 0.4) is 0 Å². The zero-order valence-electron chi connectivity index (χ0n) is 16.0. The number of hydrogen-bond donors (Lipinski definition) is 1. The third-order valence-corrected chi connectivity index (χ3v) is 7.72. The molecule has 2 aromatic carbocycles. The fourth-order valence-electron chi connectivity index (χ4n) is 3.52. The Morgan fingerprint density at radius 2 is 2.13 bits per heavy atom. The summed E-state index contributed by atoms with van der Waals surface area (Å²) in [5.41, 5.74) is 1.35. The molecule has 0 aliphatic carbocycles. The molecule has 0 bridgehead atoms. The van der Waals surface area contributed by atoms with E-state index in [1.165, 1.54) is 17.5 Å². The van der Waals surface area contributed by atoms with Crippen molar-refractivity contribution in [3.63, 3.8) is 0 Å². The molecule has 3 aromatic rings. The molecule has 1 fully saturated rings. The number of nitrogens with one attached hydrogen (secondary N) is 1. The van der Waals surface area contributed by atoms with Crippen molar-refractivity contribution in [2.75, 3.05) is 25.5 Å². The number of carbonyl (C=O) groups is 1. The van der Waals surface area contributed by atoms with Crippen LogP contribution in [0.25, 0.3) is 11.0 Å². The van der Waals surface area contributed by atoms with Crippen LogP contribution < -0.4 is 10.1 Å². The first-order chi connectivity index (χ1) is 14.4. The van der Waals surface area contributed by atoms with E-state index in [0.717, 1.165) is 11.7 Å². The number of benzene rings is 2. The lowest BCUT2D eigenvalue weighted by molar-refractivity contribution is -0.120. The summed E-state index contributed by atoms with van der Waals surface area (Å²) in [6.45, 7) is 0.436. The van der Waals surface area contributed by atoms with E-state index in [0.29, 0.717) is 46.9 Å². The molecule has 1 N–H and O–H groups in total. The van der Waals surface area contributed by atoms with E-state index in [1.807, 2.05) is 0 Å². The normalized spacial score (nSPS) is 17.7. The van der Waals surface area contributed by atoms with Gasteiger partial charge in [-0.1, -0.05) is 17.7 Å². The molecule has 4 rings (SSSR count). The summed E-state index contributed by atoms with van der Waals surface area (Å²) in [6.07, 6.45) is 1.17. The second-order valence-electron chi connectivity index (χ2n) is 6.92. The number of ether oxygens (including phenoxy) is 1. The average molecular weight is 467 g/mol. The quantitative estimate of drug-likeness (QED) is 0.618. The summed E-state index contributed by atoms with van der Waals surface area (Å²) in [5, 5.41) is 3.28. The molecule has 0 spiro atoms. The first kappa shape index (κ1) is 21.0. The van der Waals surface area contributed by atoms with Gasteiger partial charge in [0.05, 0.1) is 30.4 Å². The number of sulfonamides is 1. The Labute approximate surface area is 183 Å². The number of hydrogen-bond acceptors (Lipinski definition) is 7. The molecule has 0 radical (unpaired) electrons. The second-order valence-corrected chi connectivity index (χ2v) is 9.80. The summed E-state index contributed by atoms with van der Waals surface area (Å²) in [7, 11) is -2.30. The van der Waals surface area contributed by atoms with Crippen LogP contribution in [0.4, 0.5) is 5.69 Å². The van der Waals surface area contributed by atoms with Crippen LogP contribution in [-0.2, 0) is 14.8 Å². The third-order valence-electron chi connectivity index (χ3n) is 5.04. The summed E-state index contributed by atoms with van der Waals surface area (Å²) in [4.78, 5) is 13.0. The Morgan fingerprint density at radius 3 is 2.93 bits per heavy atom. The van der Waals surface area contributed by atoms with Crippen molar-refractivity contribution in [2.45, 2.75) is 17.7 Å². The van der Waals surface area contributed by atoms with E-state index in [2.05, 4.69) is 14.1 Å². The van der Waals surface area contributed by atoms with Gasteiger partial charge in [0, 0.05) is 18.1 Å². The lowest BCUT2D eigenvalue weighted by Crippen LogP contribution is -2.43. The molecule has 1 aliphatic heterocycles. The Bertz CT molecular complexity index is 1200. The van der Waals surface area contributed by atoms with Gasteiger partial charge in [0.15, 0.2) is 0 Å². The van der Waals surface area contributed by atoms with E-state index >= 15 is 0 Å². The average Bonchev–Trinajstić information content (AvgIpc) is 3.23. The molecule has 1 saturated heterocycles. The highest BCUT2D eigenvalue weighted by molar-refractivity contribution is 7.89. The molecule has 8 nitrogen and oxygen atoms in total. The fourth-order valence-corrected chi connectivity index (χ4v) is 5.96. The number of carbonyl (C=O) groups excluding carboxylic acids is 1. The van der Waals surface area contributed by atoms with E-state index < -0.39 is 15.9 Å². The van der Waals surface area contributed by atoms with E-state index in [1.54, 1.807) is 30.3 Å². The Balaban J connectivity index is 1.55. The highest BCUT2D eigenvalue weighted by Gasteiger charge is 2.35. The number of fused-ring (bicyclic) bond motifs is 1. The van der Waals surface area contributed by atoms with Gasteiger partial charge in [0.1, 0.15) is 21.7 Å². The van der Waals surface area contributed by atoms with Crippen LogP contribution in [0, 0.1) is 5.92 Å². The van der Waals surface area contributed by atoms with Crippen molar-refractivity contribution in [1.29, 1.82) is 0 Å². The van der Waals surface area contributed by atoms with Gasteiger partial charge in [-0.2, -0.15) is 13.1 Å². The largest absolute Gasteiger partial charge is 0.495 e. The predicted octanol–water partition coefficient (Wildman–Crippen LogP) is 3.39. The minimum atomic E-state index is -3.81. The molecule has 1 atom stereocenters. The fraction of sp³-hybridized carbons (Fsp3) is 0.316. The van der Waals surface area contributed by atoms with Crippen molar-refractivity contribution in [3.8, 4) is 5.75 Å². The summed E-state index contributed by atoms with van der Waals surface area (Å²) in [5.74, 6) is -0.287. The maximum Gasteiger partial charge on any atom is 0.245 e. The van der Waals surface area contributed by atoms with Crippen LogP contribution in [-0.4, -0.2) is 47.6 Å². The van der Waals surface area contributed by atoms with Crippen LogP contribution in [0.15, 0.2) is 41.3 Å². The lowest BCUT2D eigenvalue weighted by Gasteiger charge is -2.31. The molecule has 11 heteroatoms. The Hall–Kier alpha value is -2.27. The van der Waals surface area contributed by atoms with Crippen LogP contribution in [0.5, 0.6) is 5.75 Å². The van der Waals surface area contributed by atoms with Crippen LogP contribution in [0.2, 0.25) is 5.02 Å². The maximum atomic E-state index is 13.3. The van der Waals surface area contributed by atoms with Crippen molar-refractivity contribution < 1.29 is 17.9 Å². The van der Waals surface area contributed by atoms with Gasteiger partial charge in [-0.05, 0) is 43.2 Å². The van der Waals surface area contributed by atoms with Gasteiger partial charge in [-0.25, -0.2) is 8.42 Å². The number of amides is 1. The Kier molecular flexibility index (Phi) is 5.92. The van der Waals surface area contributed by atoms with E-state index in [9.17, 15) is 13.2 Å².